The fourth-order valence-corrected chi connectivity index (χ4v) is 3.55. The lowest BCUT2D eigenvalue weighted by molar-refractivity contribution is 0.118. The summed E-state index contributed by atoms with van der Waals surface area (Å²) in [4.78, 5) is 0. The molecule has 5 nitrogen and oxygen atoms in total. The fraction of sp³-hybridized carbons (Fsp3) is 1.00. The van der Waals surface area contributed by atoms with E-state index in [0.29, 0.717) is 13.0 Å². The summed E-state index contributed by atoms with van der Waals surface area (Å²) in [7, 11) is -1.36. The molecule has 17 heavy (non-hydrogen) atoms. The maximum Gasteiger partial charge on any atom is 0.150 e. The molecule has 0 amide bonds. The van der Waals surface area contributed by atoms with Crippen LogP contribution in [0.4, 0.5) is 0 Å². The molecule has 3 atom stereocenters. The molecule has 0 aromatic heterocycles. The highest BCUT2D eigenvalue weighted by Gasteiger charge is 2.29. The largest absolute Gasteiger partial charge is 0.395 e. The van der Waals surface area contributed by atoms with Gasteiger partial charge in [-0.3, -0.25) is 0 Å². The second-order valence-corrected chi connectivity index (χ2v) is 7.14. The van der Waals surface area contributed by atoms with Crippen molar-refractivity contribution in [3.8, 4) is 0 Å². The van der Waals surface area contributed by atoms with Gasteiger partial charge in [0.1, 0.15) is 9.84 Å². The first kappa shape index (κ1) is 14.9. The SMILES string of the molecule is COCC(CO)NC1CCCC(S(C)(=O)=O)C1. The quantitative estimate of drug-likeness (QED) is 0.703. The van der Waals surface area contributed by atoms with Crippen molar-refractivity contribution in [2.75, 3.05) is 26.6 Å². The lowest BCUT2D eigenvalue weighted by atomic mass is 9.94. The van der Waals surface area contributed by atoms with Crippen LogP contribution in [0.1, 0.15) is 25.7 Å². The Hall–Kier alpha value is -0.170. The number of nitrogens with one attached hydrogen (secondary N) is 1. The smallest absolute Gasteiger partial charge is 0.150 e. The maximum atomic E-state index is 11.5. The van der Waals surface area contributed by atoms with Crippen molar-refractivity contribution in [1.82, 2.24) is 5.32 Å². The predicted octanol–water partition coefficient (Wildman–Crippen LogP) is -0.0609. The van der Waals surface area contributed by atoms with Gasteiger partial charge in [0.25, 0.3) is 0 Å². The summed E-state index contributed by atoms with van der Waals surface area (Å²) >= 11 is 0. The molecule has 0 aromatic rings. The van der Waals surface area contributed by atoms with Crippen molar-refractivity contribution in [1.29, 1.82) is 0 Å². The van der Waals surface area contributed by atoms with Gasteiger partial charge in [-0.2, -0.15) is 0 Å². The predicted molar refractivity (Wildman–Crippen MR) is 66.8 cm³/mol. The molecule has 0 bridgehead atoms. The van der Waals surface area contributed by atoms with Gasteiger partial charge in [0.05, 0.1) is 24.5 Å². The Morgan fingerprint density at radius 2 is 2.18 bits per heavy atom. The Balaban J connectivity index is 2.49. The van der Waals surface area contributed by atoms with E-state index >= 15 is 0 Å². The third-order valence-corrected chi connectivity index (χ3v) is 4.93. The zero-order valence-electron chi connectivity index (χ0n) is 10.6. The van der Waals surface area contributed by atoms with Crippen LogP contribution in [-0.4, -0.2) is 57.4 Å². The van der Waals surface area contributed by atoms with Crippen LogP contribution in [0.15, 0.2) is 0 Å². The van der Waals surface area contributed by atoms with E-state index in [1.54, 1.807) is 7.11 Å². The minimum atomic E-state index is -2.95. The van der Waals surface area contributed by atoms with Gasteiger partial charge in [-0.25, -0.2) is 8.42 Å². The Kier molecular flexibility index (Phi) is 5.85. The Labute approximate surface area is 103 Å². The Morgan fingerprint density at radius 1 is 1.47 bits per heavy atom. The lowest BCUT2D eigenvalue weighted by Gasteiger charge is -2.31. The molecule has 0 radical (unpaired) electrons. The summed E-state index contributed by atoms with van der Waals surface area (Å²) < 4.78 is 28.0. The van der Waals surface area contributed by atoms with Crippen molar-refractivity contribution < 1.29 is 18.3 Å². The number of ether oxygens (including phenoxy) is 1. The van der Waals surface area contributed by atoms with Gasteiger partial charge >= 0.3 is 0 Å². The summed E-state index contributed by atoms with van der Waals surface area (Å²) in [6, 6.07) is 0.0547. The highest BCUT2D eigenvalue weighted by molar-refractivity contribution is 7.91. The minimum absolute atomic E-state index is 0.00782. The van der Waals surface area contributed by atoms with E-state index in [-0.39, 0.29) is 23.9 Å². The summed E-state index contributed by atoms with van der Waals surface area (Å²) in [5, 5.41) is 12.2. The highest BCUT2D eigenvalue weighted by Crippen LogP contribution is 2.24. The van der Waals surface area contributed by atoms with Crippen molar-refractivity contribution in [3.05, 3.63) is 0 Å². The molecule has 3 unspecified atom stereocenters. The number of hydrogen-bond acceptors (Lipinski definition) is 5. The van der Waals surface area contributed by atoms with E-state index in [9.17, 15) is 8.42 Å². The molecule has 1 aliphatic rings. The van der Waals surface area contributed by atoms with E-state index in [4.69, 9.17) is 9.84 Å². The number of sulfone groups is 1. The molecule has 6 heteroatoms. The van der Waals surface area contributed by atoms with Crippen LogP contribution in [0, 0.1) is 0 Å². The monoisotopic (exact) mass is 265 g/mol. The van der Waals surface area contributed by atoms with Gasteiger partial charge in [-0.15, -0.1) is 0 Å². The van der Waals surface area contributed by atoms with Crippen LogP contribution in [0.2, 0.25) is 0 Å². The van der Waals surface area contributed by atoms with Gasteiger partial charge in [-0.1, -0.05) is 6.42 Å². The first-order valence-electron chi connectivity index (χ1n) is 6.02. The standard InChI is InChI=1S/C11H23NO4S/c1-16-8-10(7-13)12-9-4-3-5-11(6-9)17(2,14)15/h9-13H,3-8H2,1-2H3. The maximum absolute atomic E-state index is 11.5. The van der Waals surface area contributed by atoms with Crippen LogP contribution in [-0.2, 0) is 14.6 Å². The molecular weight excluding hydrogens is 242 g/mol. The molecule has 2 N–H and O–H groups in total. The molecule has 0 aromatic carbocycles. The topological polar surface area (TPSA) is 75.6 Å². The zero-order valence-corrected chi connectivity index (χ0v) is 11.4. The molecule has 1 aliphatic carbocycles. The number of methoxy groups -OCH3 is 1. The molecule has 102 valence electrons. The van der Waals surface area contributed by atoms with Gasteiger partial charge in [0, 0.05) is 19.4 Å². The van der Waals surface area contributed by atoms with E-state index in [1.807, 2.05) is 0 Å². The molecule has 0 saturated heterocycles. The summed E-state index contributed by atoms with van der Waals surface area (Å²) in [6.45, 7) is 0.449. The summed E-state index contributed by atoms with van der Waals surface area (Å²) in [5.74, 6) is 0. The molecule has 0 heterocycles. The minimum Gasteiger partial charge on any atom is -0.395 e. The van der Waals surface area contributed by atoms with Crippen LogP contribution in [0.25, 0.3) is 0 Å². The van der Waals surface area contributed by atoms with Crippen molar-refractivity contribution >= 4 is 9.84 Å². The Morgan fingerprint density at radius 3 is 2.71 bits per heavy atom. The molecule has 0 spiro atoms. The molecule has 0 aliphatic heterocycles. The van der Waals surface area contributed by atoms with Crippen molar-refractivity contribution in [2.24, 2.45) is 0 Å². The third-order valence-electron chi connectivity index (χ3n) is 3.29. The Bertz CT molecular complexity index is 317. The lowest BCUT2D eigenvalue weighted by Crippen LogP contribution is -2.47. The van der Waals surface area contributed by atoms with Crippen LogP contribution < -0.4 is 5.32 Å². The normalized spacial score (nSPS) is 27.9. The first-order valence-corrected chi connectivity index (χ1v) is 7.97. The molecule has 1 fully saturated rings. The van der Waals surface area contributed by atoms with E-state index in [1.165, 1.54) is 6.26 Å². The second kappa shape index (κ2) is 6.68. The average Bonchev–Trinajstić information content (AvgIpc) is 2.28. The highest BCUT2D eigenvalue weighted by atomic mass is 32.2. The summed E-state index contributed by atoms with van der Waals surface area (Å²) in [5.41, 5.74) is 0. The van der Waals surface area contributed by atoms with Gasteiger partial charge in [-0.05, 0) is 19.3 Å². The first-order chi connectivity index (χ1) is 7.97. The number of rotatable bonds is 6. The van der Waals surface area contributed by atoms with Crippen LogP contribution in [0.3, 0.4) is 0 Å². The van der Waals surface area contributed by atoms with Gasteiger partial charge < -0.3 is 15.2 Å². The van der Waals surface area contributed by atoms with E-state index in [0.717, 1.165) is 19.3 Å². The van der Waals surface area contributed by atoms with Crippen molar-refractivity contribution in [3.63, 3.8) is 0 Å². The third kappa shape index (κ3) is 4.91. The van der Waals surface area contributed by atoms with Gasteiger partial charge in [0.2, 0.25) is 0 Å². The number of aliphatic hydroxyl groups is 1. The molecule has 1 rings (SSSR count). The number of hydrogen-bond donors (Lipinski definition) is 2. The van der Waals surface area contributed by atoms with Crippen LogP contribution in [0.5, 0.6) is 0 Å². The second-order valence-electron chi connectivity index (χ2n) is 4.82. The number of aliphatic hydroxyl groups excluding tert-OH is 1. The van der Waals surface area contributed by atoms with E-state index in [2.05, 4.69) is 5.32 Å². The van der Waals surface area contributed by atoms with E-state index < -0.39 is 9.84 Å². The average molecular weight is 265 g/mol. The fourth-order valence-electron chi connectivity index (χ4n) is 2.37. The molecule has 1 saturated carbocycles. The molecular formula is C11H23NO4S. The van der Waals surface area contributed by atoms with Crippen molar-refractivity contribution in [2.45, 2.75) is 43.0 Å². The van der Waals surface area contributed by atoms with Gasteiger partial charge in [0.15, 0.2) is 0 Å². The zero-order chi connectivity index (χ0) is 12.9. The van der Waals surface area contributed by atoms with Crippen LogP contribution >= 0.6 is 0 Å². The summed E-state index contributed by atoms with van der Waals surface area (Å²) in [6.07, 6.45) is 4.58.